The molecule has 0 aromatic heterocycles. The molecule has 2 unspecified atom stereocenters. The zero-order valence-corrected chi connectivity index (χ0v) is 13.7. The topological polar surface area (TPSA) is 101 Å². The number of nitrogens with one attached hydrogen (secondary N) is 1. The van der Waals surface area contributed by atoms with E-state index < -0.39 is 19.7 Å². The lowest BCUT2D eigenvalue weighted by atomic mass is 10.1. The summed E-state index contributed by atoms with van der Waals surface area (Å²) >= 11 is 0. The molecule has 0 aromatic carbocycles. The fraction of sp³-hybridized carbons (Fsp3) is 0.917. The monoisotopic (exact) mass is 338 g/mol. The molecule has 2 atom stereocenters. The molecule has 122 valence electrons. The van der Waals surface area contributed by atoms with Crippen LogP contribution in [-0.4, -0.2) is 75.8 Å². The van der Waals surface area contributed by atoms with Crippen LogP contribution < -0.4 is 5.32 Å². The van der Waals surface area contributed by atoms with Gasteiger partial charge in [-0.1, -0.05) is 0 Å². The number of rotatable bonds is 4. The molecule has 0 spiro atoms. The molecule has 2 heterocycles. The van der Waals surface area contributed by atoms with Gasteiger partial charge in [0.2, 0.25) is 5.91 Å². The van der Waals surface area contributed by atoms with Crippen LogP contribution in [0.4, 0.5) is 0 Å². The Hall–Kier alpha value is -0.670. The van der Waals surface area contributed by atoms with Gasteiger partial charge in [0.15, 0.2) is 19.7 Å². The first-order chi connectivity index (χ1) is 9.72. The molecule has 9 heteroatoms. The SMILES string of the molecule is CCN(C(=O)CC1CS(=O)(=O)CCN1)C1CCS(=O)(=O)C1. The third kappa shape index (κ3) is 4.40. The van der Waals surface area contributed by atoms with Crippen LogP contribution in [-0.2, 0) is 24.5 Å². The van der Waals surface area contributed by atoms with Gasteiger partial charge in [0.25, 0.3) is 0 Å². The summed E-state index contributed by atoms with van der Waals surface area (Å²) in [5, 5.41) is 3.05. The van der Waals surface area contributed by atoms with Gasteiger partial charge in [-0.3, -0.25) is 4.79 Å². The maximum absolute atomic E-state index is 12.3. The lowest BCUT2D eigenvalue weighted by Crippen LogP contribution is -2.49. The fourth-order valence-electron chi connectivity index (χ4n) is 2.99. The van der Waals surface area contributed by atoms with E-state index in [2.05, 4.69) is 5.32 Å². The number of sulfone groups is 2. The Morgan fingerprint density at radius 3 is 2.33 bits per heavy atom. The van der Waals surface area contributed by atoms with Crippen molar-refractivity contribution in [3.05, 3.63) is 0 Å². The molecule has 7 nitrogen and oxygen atoms in total. The Labute approximate surface area is 125 Å². The van der Waals surface area contributed by atoms with Gasteiger partial charge < -0.3 is 10.2 Å². The van der Waals surface area contributed by atoms with Crippen LogP contribution in [0.2, 0.25) is 0 Å². The van der Waals surface area contributed by atoms with Gasteiger partial charge in [-0.2, -0.15) is 0 Å². The molecule has 2 aliphatic heterocycles. The van der Waals surface area contributed by atoms with E-state index in [1.807, 2.05) is 6.92 Å². The van der Waals surface area contributed by atoms with E-state index in [0.717, 1.165) is 0 Å². The molecule has 2 fully saturated rings. The minimum absolute atomic E-state index is 0.0168. The average molecular weight is 338 g/mol. The van der Waals surface area contributed by atoms with E-state index in [1.165, 1.54) is 0 Å². The molecule has 0 bridgehead atoms. The summed E-state index contributed by atoms with van der Waals surface area (Å²) in [4.78, 5) is 13.9. The molecule has 0 saturated carbocycles. The molecule has 2 rings (SSSR count). The zero-order chi connectivity index (χ0) is 15.7. The smallest absolute Gasteiger partial charge is 0.224 e. The molecular formula is C12H22N2O5S2. The van der Waals surface area contributed by atoms with Crippen LogP contribution in [0.25, 0.3) is 0 Å². The number of carbonyl (C=O) groups is 1. The van der Waals surface area contributed by atoms with Gasteiger partial charge in [-0.15, -0.1) is 0 Å². The quantitative estimate of drug-likeness (QED) is 0.691. The van der Waals surface area contributed by atoms with Crippen molar-refractivity contribution < 1.29 is 21.6 Å². The number of amides is 1. The Bertz CT molecular complexity index is 599. The zero-order valence-electron chi connectivity index (χ0n) is 12.1. The van der Waals surface area contributed by atoms with E-state index >= 15 is 0 Å². The van der Waals surface area contributed by atoms with Crippen LogP contribution in [0.3, 0.4) is 0 Å². The standard InChI is InChI=1S/C12H22N2O5S2/c1-2-14(11-3-5-20(16,17)9-11)12(15)7-10-8-21(18,19)6-4-13-10/h10-11,13H,2-9H2,1H3. The van der Waals surface area contributed by atoms with E-state index in [1.54, 1.807) is 4.90 Å². The predicted molar refractivity (Wildman–Crippen MR) is 79.5 cm³/mol. The van der Waals surface area contributed by atoms with Crippen LogP contribution >= 0.6 is 0 Å². The summed E-state index contributed by atoms with van der Waals surface area (Å²) in [5.74, 6) is 0.0460. The minimum Gasteiger partial charge on any atom is -0.339 e. The van der Waals surface area contributed by atoms with Crippen LogP contribution in [0, 0.1) is 0 Å². The van der Waals surface area contributed by atoms with Gasteiger partial charge in [0, 0.05) is 31.6 Å². The summed E-state index contributed by atoms with van der Waals surface area (Å²) in [7, 11) is -6.12. The summed E-state index contributed by atoms with van der Waals surface area (Å²) in [6, 6.07) is -0.643. The molecule has 0 aromatic rings. The number of nitrogens with zero attached hydrogens (tertiary/aromatic N) is 1. The largest absolute Gasteiger partial charge is 0.339 e. The summed E-state index contributed by atoms with van der Waals surface area (Å²) < 4.78 is 46.2. The third-order valence-electron chi connectivity index (χ3n) is 4.03. The second-order valence-corrected chi connectivity index (χ2v) is 10.2. The van der Waals surface area contributed by atoms with Crippen molar-refractivity contribution in [3.8, 4) is 0 Å². The van der Waals surface area contributed by atoms with E-state index in [9.17, 15) is 21.6 Å². The second kappa shape index (κ2) is 6.21. The molecule has 0 aliphatic carbocycles. The Balaban J connectivity index is 1.98. The highest BCUT2D eigenvalue weighted by molar-refractivity contribution is 7.91. The predicted octanol–water partition coefficient (Wildman–Crippen LogP) is -1.20. The van der Waals surface area contributed by atoms with Crippen LogP contribution in [0.1, 0.15) is 19.8 Å². The maximum Gasteiger partial charge on any atom is 0.224 e. The molecule has 21 heavy (non-hydrogen) atoms. The highest BCUT2D eigenvalue weighted by Gasteiger charge is 2.35. The molecule has 2 saturated heterocycles. The second-order valence-electron chi connectivity index (χ2n) is 5.71. The van der Waals surface area contributed by atoms with Crippen molar-refractivity contribution in [3.63, 3.8) is 0 Å². The lowest BCUT2D eigenvalue weighted by molar-refractivity contribution is -0.133. The van der Waals surface area contributed by atoms with Crippen molar-refractivity contribution >= 4 is 25.6 Å². The Morgan fingerprint density at radius 2 is 1.81 bits per heavy atom. The van der Waals surface area contributed by atoms with Crippen molar-refractivity contribution in [1.82, 2.24) is 10.2 Å². The third-order valence-corrected chi connectivity index (χ3v) is 7.52. The summed E-state index contributed by atoms with van der Waals surface area (Å²) in [6.07, 6.45) is 0.571. The van der Waals surface area contributed by atoms with Gasteiger partial charge in [-0.05, 0) is 13.3 Å². The van der Waals surface area contributed by atoms with E-state index in [0.29, 0.717) is 19.5 Å². The minimum atomic E-state index is -3.08. The van der Waals surface area contributed by atoms with Gasteiger partial charge in [0.1, 0.15) is 0 Å². The van der Waals surface area contributed by atoms with Crippen molar-refractivity contribution in [1.29, 1.82) is 0 Å². The van der Waals surface area contributed by atoms with Crippen molar-refractivity contribution in [2.24, 2.45) is 0 Å². The van der Waals surface area contributed by atoms with Crippen molar-refractivity contribution in [2.45, 2.75) is 31.8 Å². The number of hydrogen-bond donors (Lipinski definition) is 1. The van der Waals surface area contributed by atoms with Crippen LogP contribution in [0.5, 0.6) is 0 Å². The van der Waals surface area contributed by atoms with E-state index in [4.69, 9.17) is 0 Å². The highest BCUT2D eigenvalue weighted by atomic mass is 32.2. The maximum atomic E-state index is 12.3. The average Bonchev–Trinajstić information content (AvgIpc) is 2.69. The molecule has 1 N–H and O–H groups in total. The van der Waals surface area contributed by atoms with Gasteiger partial charge in [0.05, 0.1) is 23.0 Å². The highest BCUT2D eigenvalue weighted by Crippen LogP contribution is 2.19. The van der Waals surface area contributed by atoms with Crippen LogP contribution in [0.15, 0.2) is 0 Å². The molecule has 2 aliphatic rings. The Morgan fingerprint density at radius 1 is 1.14 bits per heavy atom. The normalized spacial score (nSPS) is 30.9. The molecule has 0 radical (unpaired) electrons. The Kier molecular flexibility index (Phi) is 4.94. The summed E-state index contributed by atoms with van der Waals surface area (Å²) in [5.41, 5.74) is 0. The number of carbonyl (C=O) groups excluding carboxylic acids is 1. The van der Waals surface area contributed by atoms with E-state index in [-0.39, 0.29) is 47.4 Å². The van der Waals surface area contributed by atoms with Gasteiger partial charge >= 0.3 is 0 Å². The number of hydrogen-bond acceptors (Lipinski definition) is 6. The molecule has 1 amide bonds. The van der Waals surface area contributed by atoms with Crippen molar-refractivity contribution in [2.75, 3.05) is 36.1 Å². The summed E-state index contributed by atoms with van der Waals surface area (Å²) in [6.45, 7) is 2.62. The first kappa shape index (κ1) is 16.7. The molecular weight excluding hydrogens is 316 g/mol. The fourth-order valence-corrected chi connectivity index (χ4v) is 6.16. The first-order valence-electron chi connectivity index (χ1n) is 7.16. The van der Waals surface area contributed by atoms with Gasteiger partial charge in [-0.25, -0.2) is 16.8 Å². The lowest BCUT2D eigenvalue weighted by Gasteiger charge is -2.30. The first-order valence-corrected chi connectivity index (χ1v) is 10.8.